The molecular weight excluding hydrogens is 233 g/mol. The third-order valence-corrected chi connectivity index (χ3v) is 2.83. The Morgan fingerprint density at radius 1 is 1.33 bits per heavy atom. The van der Waals surface area contributed by atoms with Gasteiger partial charge in [-0.15, -0.1) is 0 Å². The van der Waals surface area contributed by atoms with Crippen molar-refractivity contribution in [3.05, 3.63) is 29.7 Å². The third-order valence-electron chi connectivity index (χ3n) is 2.83. The van der Waals surface area contributed by atoms with E-state index >= 15 is 0 Å². The largest absolute Gasteiger partial charge is 0.494 e. The minimum absolute atomic E-state index is 0.247. The number of fused-ring (bicyclic) bond motifs is 1. The number of ether oxygens (including phenoxy) is 1. The van der Waals surface area contributed by atoms with Crippen molar-refractivity contribution >= 4 is 16.6 Å². The van der Waals surface area contributed by atoms with E-state index in [0.717, 1.165) is 5.69 Å². The molecule has 0 atom stereocenters. The first-order valence-corrected chi connectivity index (χ1v) is 5.71. The molecule has 1 heterocycles. The van der Waals surface area contributed by atoms with Crippen LogP contribution < -0.4 is 16.0 Å². The minimum Gasteiger partial charge on any atom is -0.494 e. The summed E-state index contributed by atoms with van der Waals surface area (Å²) < 4.78 is 18.7. The molecule has 0 bridgehead atoms. The molecule has 0 amide bonds. The number of hydrogen-bond acceptors (Lipinski definition) is 4. The summed E-state index contributed by atoms with van der Waals surface area (Å²) >= 11 is 0. The second-order valence-corrected chi connectivity index (χ2v) is 4.40. The minimum atomic E-state index is -0.380. The number of pyridine rings is 1. The van der Waals surface area contributed by atoms with Crippen LogP contribution in [-0.2, 0) is 0 Å². The Morgan fingerprint density at radius 2 is 2.06 bits per heavy atom. The van der Waals surface area contributed by atoms with Crippen LogP contribution in [0.3, 0.4) is 0 Å². The number of aromatic nitrogens is 1. The number of nitrogens with zero attached hydrogens (tertiary/aromatic N) is 1. The number of nitrogens with one attached hydrogen (secondary N) is 1. The topological polar surface area (TPSA) is 60.2 Å². The predicted octanol–water partition coefficient (Wildman–Crippen LogP) is 2.79. The highest BCUT2D eigenvalue weighted by Crippen LogP contribution is 2.32. The normalized spacial score (nSPS) is 11.0. The van der Waals surface area contributed by atoms with E-state index in [9.17, 15) is 4.39 Å². The molecule has 0 radical (unpaired) electrons. The molecule has 0 aliphatic rings. The van der Waals surface area contributed by atoms with Gasteiger partial charge in [0.15, 0.2) is 0 Å². The van der Waals surface area contributed by atoms with Crippen LogP contribution in [0.2, 0.25) is 0 Å². The van der Waals surface area contributed by atoms with Crippen molar-refractivity contribution in [2.75, 3.05) is 12.5 Å². The van der Waals surface area contributed by atoms with E-state index in [-0.39, 0.29) is 11.7 Å². The summed E-state index contributed by atoms with van der Waals surface area (Å²) in [5.74, 6) is 5.76. The summed E-state index contributed by atoms with van der Waals surface area (Å²) in [4.78, 5) is 4.51. The zero-order valence-electron chi connectivity index (χ0n) is 10.6. The first kappa shape index (κ1) is 12.6. The van der Waals surface area contributed by atoms with Crippen molar-refractivity contribution in [3.63, 3.8) is 0 Å². The first-order valence-electron chi connectivity index (χ1n) is 5.71. The van der Waals surface area contributed by atoms with Gasteiger partial charge in [-0.1, -0.05) is 13.8 Å². The quantitative estimate of drug-likeness (QED) is 0.648. The van der Waals surface area contributed by atoms with Crippen LogP contribution in [0.25, 0.3) is 10.9 Å². The highest BCUT2D eigenvalue weighted by atomic mass is 19.1. The maximum Gasteiger partial charge on any atom is 0.148 e. The zero-order valence-corrected chi connectivity index (χ0v) is 10.6. The van der Waals surface area contributed by atoms with Gasteiger partial charge >= 0.3 is 0 Å². The molecule has 0 spiro atoms. The van der Waals surface area contributed by atoms with Gasteiger partial charge in [0.1, 0.15) is 17.1 Å². The van der Waals surface area contributed by atoms with Crippen molar-refractivity contribution in [2.24, 2.45) is 5.84 Å². The van der Waals surface area contributed by atoms with Crippen molar-refractivity contribution in [1.82, 2.24) is 4.98 Å². The summed E-state index contributed by atoms with van der Waals surface area (Å²) in [6, 6.07) is 4.54. The van der Waals surface area contributed by atoms with Gasteiger partial charge in [0.2, 0.25) is 0 Å². The van der Waals surface area contributed by atoms with Crippen molar-refractivity contribution < 1.29 is 9.13 Å². The molecule has 0 fully saturated rings. The lowest BCUT2D eigenvalue weighted by Crippen LogP contribution is -2.09. The Morgan fingerprint density at radius 3 is 2.61 bits per heavy atom. The summed E-state index contributed by atoms with van der Waals surface area (Å²) in [6.07, 6.45) is 0. The van der Waals surface area contributed by atoms with E-state index in [1.54, 1.807) is 0 Å². The molecule has 18 heavy (non-hydrogen) atoms. The van der Waals surface area contributed by atoms with Gasteiger partial charge in [-0.2, -0.15) is 0 Å². The lowest BCUT2D eigenvalue weighted by atomic mass is 10.1. The fourth-order valence-corrected chi connectivity index (χ4v) is 1.85. The Balaban J connectivity index is 2.82. The highest BCUT2D eigenvalue weighted by molar-refractivity contribution is 5.95. The van der Waals surface area contributed by atoms with Crippen LogP contribution in [0.5, 0.6) is 5.75 Å². The second kappa shape index (κ2) is 4.78. The van der Waals surface area contributed by atoms with Crippen LogP contribution in [0.1, 0.15) is 25.5 Å². The number of methoxy groups -OCH3 is 1. The lowest BCUT2D eigenvalue weighted by molar-refractivity contribution is 0.415. The van der Waals surface area contributed by atoms with E-state index in [1.165, 1.54) is 19.2 Å². The Hall–Kier alpha value is -1.88. The SMILES string of the molecule is COc1cc(F)cc2c(NN)cc(C(C)C)nc12. The molecular formula is C13H16FN3O. The number of hydrogen-bond donors (Lipinski definition) is 2. The van der Waals surface area contributed by atoms with Crippen LogP contribution >= 0.6 is 0 Å². The monoisotopic (exact) mass is 249 g/mol. The molecule has 0 unspecified atom stereocenters. The molecule has 0 saturated heterocycles. The summed E-state index contributed by atoms with van der Waals surface area (Å²) in [5, 5.41) is 0.610. The van der Waals surface area contributed by atoms with Crippen LogP contribution in [0.4, 0.5) is 10.1 Å². The maximum atomic E-state index is 13.5. The third kappa shape index (κ3) is 2.09. The number of benzene rings is 1. The number of hydrazine groups is 1. The molecule has 96 valence electrons. The van der Waals surface area contributed by atoms with Gasteiger partial charge in [-0.3, -0.25) is 5.84 Å². The van der Waals surface area contributed by atoms with Gasteiger partial charge in [0.25, 0.3) is 0 Å². The molecule has 5 heteroatoms. The predicted molar refractivity (Wildman–Crippen MR) is 70.2 cm³/mol. The van der Waals surface area contributed by atoms with Gasteiger partial charge < -0.3 is 10.2 Å². The van der Waals surface area contributed by atoms with Gasteiger partial charge in [0, 0.05) is 17.1 Å². The number of nitrogen functional groups attached to an aromatic ring is 1. The maximum absolute atomic E-state index is 13.5. The average Bonchev–Trinajstić information content (AvgIpc) is 2.36. The molecule has 0 aliphatic carbocycles. The molecule has 0 aliphatic heterocycles. The second-order valence-electron chi connectivity index (χ2n) is 4.40. The molecule has 1 aromatic carbocycles. The highest BCUT2D eigenvalue weighted by Gasteiger charge is 2.13. The van der Waals surface area contributed by atoms with Crippen LogP contribution in [0, 0.1) is 5.82 Å². The van der Waals surface area contributed by atoms with Crippen molar-refractivity contribution in [2.45, 2.75) is 19.8 Å². The molecule has 0 saturated carbocycles. The van der Waals surface area contributed by atoms with Crippen molar-refractivity contribution in [1.29, 1.82) is 0 Å². The Kier molecular flexibility index (Phi) is 3.34. The first-order chi connectivity index (χ1) is 8.56. The van der Waals surface area contributed by atoms with Crippen LogP contribution in [0.15, 0.2) is 18.2 Å². The van der Waals surface area contributed by atoms with Gasteiger partial charge in [-0.25, -0.2) is 9.37 Å². The fraction of sp³-hybridized carbons (Fsp3) is 0.308. The Labute approximate surface area is 105 Å². The van der Waals surface area contributed by atoms with Gasteiger partial charge in [-0.05, 0) is 18.1 Å². The Bertz CT molecular complexity index is 584. The standard InChI is InChI=1S/C13H16FN3O/c1-7(2)10-6-11(17-15)9-4-8(14)5-12(18-3)13(9)16-10/h4-7H,15H2,1-3H3,(H,16,17). The number of anilines is 1. The van der Waals surface area contributed by atoms with Crippen LogP contribution in [-0.4, -0.2) is 12.1 Å². The van der Waals surface area contributed by atoms with Crippen molar-refractivity contribution in [3.8, 4) is 5.75 Å². The van der Waals surface area contributed by atoms with E-state index in [4.69, 9.17) is 10.6 Å². The average molecular weight is 249 g/mol. The number of nitrogens with two attached hydrogens (primary N) is 1. The summed E-state index contributed by atoms with van der Waals surface area (Å²) in [7, 11) is 1.49. The van der Waals surface area contributed by atoms with E-state index < -0.39 is 0 Å². The fourth-order valence-electron chi connectivity index (χ4n) is 1.85. The zero-order chi connectivity index (χ0) is 13.3. The summed E-state index contributed by atoms with van der Waals surface area (Å²) in [6.45, 7) is 4.06. The smallest absolute Gasteiger partial charge is 0.148 e. The molecule has 2 rings (SSSR count). The summed E-state index contributed by atoms with van der Waals surface area (Å²) in [5.41, 5.74) is 4.71. The van der Waals surface area contributed by atoms with Gasteiger partial charge in [0.05, 0.1) is 12.8 Å². The molecule has 1 aromatic heterocycles. The number of rotatable bonds is 3. The number of halogens is 1. The van der Waals surface area contributed by atoms with E-state index in [2.05, 4.69) is 10.4 Å². The molecule has 4 nitrogen and oxygen atoms in total. The molecule has 2 aromatic rings. The molecule has 3 N–H and O–H groups in total. The lowest BCUT2D eigenvalue weighted by Gasteiger charge is -2.13. The van der Waals surface area contributed by atoms with E-state index in [0.29, 0.717) is 22.3 Å². The van der Waals surface area contributed by atoms with E-state index in [1.807, 2.05) is 19.9 Å².